The second-order valence-corrected chi connectivity index (χ2v) is 5.17. The summed E-state index contributed by atoms with van der Waals surface area (Å²) in [6.45, 7) is 6.00. The molecule has 2 atom stereocenters. The van der Waals surface area contributed by atoms with Gasteiger partial charge in [0.2, 0.25) is 0 Å². The third-order valence-electron chi connectivity index (χ3n) is 2.73. The molecule has 1 aliphatic carbocycles. The molecular weight excluding hydrogens is 172 g/mol. The lowest BCUT2D eigenvalue weighted by molar-refractivity contribution is 0.154. The second kappa shape index (κ2) is 3.39. The predicted molar refractivity (Wildman–Crippen MR) is 52.4 cm³/mol. The van der Waals surface area contributed by atoms with Crippen molar-refractivity contribution in [2.45, 2.75) is 44.6 Å². The van der Waals surface area contributed by atoms with Crippen LogP contribution in [0, 0.1) is 5.92 Å². The Morgan fingerprint density at radius 3 is 2.58 bits per heavy atom. The Balaban J connectivity index is 2.65. The maximum atomic E-state index is 9.58. The molecule has 0 heterocycles. The summed E-state index contributed by atoms with van der Waals surface area (Å²) in [4.78, 5) is -0.196. The molecule has 1 N–H and O–H groups in total. The van der Waals surface area contributed by atoms with Gasteiger partial charge in [-0.2, -0.15) is 0 Å². The molecule has 0 amide bonds. The highest BCUT2D eigenvalue weighted by atomic mass is 35.5. The molecule has 0 spiro atoms. The van der Waals surface area contributed by atoms with Crippen molar-refractivity contribution in [3.8, 4) is 0 Å². The maximum absolute atomic E-state index is 9.58. The van der Waals surface area contributed by atoms with Crippen molar-refractivity contribution in [3.05, 3.63) is 11.6 Å². The average molecular weight is 189 g/mol. The Kier molecular flexibility index (Phi) is 2.84. The SMILES string of the molecule is CC1=CC[C@H](C(C)(C)Cl)C[C@H]1O. The average Bonchev–Trinajstić information content (AvgIpc) is 1.92. The minimum absolute atomic E-state index is 0.196. The molecule has 0 aliphatic heterocycles. The van der Waals surface area contributed by atoms with Crippen LogP contribution in [0.1, 0.15) is 33.6 Å². The van der Waals surface area contributed by atoms with E-state index in [4.69, 9.17) is 11.6 Å². The minimum atomic E-state index is -0.276. The van der Waals surface area contributed by atoms with Crippen LogP contribution in [-0.2, 0) is 0 Å². The summed E-state index contributed by atoms with van der Waals surface area (Å²) in [5.41, 5.74) is 1.09. The molecule has 0 aromatic rings. The fraction of sp³-hybridized carbons (Fsp3) is 0.800. The largest absolute Gasteiger partial charge is 0.389 e. The molecule has 2 heteroatoms. The molecule has 1 nitrogen and oxygen atoms in total. The Labute approximate surface area is 79.4 Å². The standard InChI is InChI=1S/C10H17ClO/c1-7-4-5-8(6-9(7)12)10(2,3)11/h4,8-9,12H,5-6H2,1-3H3/t8-,9+/m0/s1. The minimum Gasteiger partial charge on any atom is -0.389 e. The molecule has 0 unspecified atom stereocenters. The van der Waals surface area contributed by atoms with E-state index in [9.17, 15) is 5.11 Å². The summed E-state index contributed by atoms with van der Waals surface area (Å²) in [5.74, 6) is 0.401. The summed E-state index contributed by atoms with van der Waals surface area (Å²) >= 11 is 6.18. The Hall–Kier alpha value is -0.0100. The first-order valence-corrected chi connectivity index (χ1v) is 4.82. The fourth-order valence-corrected chi connectivity index (χ4v) is 1.75. The number of aliphatic hydroxyl groups is 1. The van der Waals surface area contributed by atoms with E-state index in [0.717, 1.165) is 18.4 Å². The molecule has 70 valence electrons. The van der Waals surface area contributed by atoms with Crippen molar-refractivity contribution < 1.29 is 5.11 Å². The first kappa shape index (κ1) is 10.1. The summed E-state index contributed by atoms with van der Waals surface area (Å²) in [7, 11) is 0. The normalized spacial score (nSPS) is 31.6. The van der Waals surface area contributed by atoms with Gasteiger partial charge in [0, 0.05) is 4.87 Å². The molecule has 0 saturated carbocycles. The van der Waals surface area contributed by atoms with Crippen LogP contribution in [0.3, 0.4) is 0 Å². The van der Waals surface area contributed by atoms with Crippen LogP contribution >= 0.6 is 11.6 Å². The Morgan fingerprint density at radius 2 is 2.17 bits per heavy atom. The van der Waals surface area contributed by atoms with E-state index in [1.165, 1.54) is 0 Å². The van der Waals surface area contributed by atoms with Crippen molar-refractivity contribution in [3.63, 3.8) is 0 Å². The van der Waals surface area contributed by atoms with Gasteiger partial charge in [0.25, 0.3) is 0 Å². The fourth-order valence-electron chi connectivity index (χ4n) is 1.58. The number of aliphatic hydroxyl groups excluding tert-OH is 1. The lowest BCUT2D eigenvalue weighted by Crippen LogP contribution is -2.31. The predicted octanol–water partition coefficient (Wildman–Crippen LogP) is 2.72. The second-order valence-electron chi connectivity index (χ2n) is 4.20. The zero-order chi connectivity index (χ0) is 9.35. The molecule has 0 saturated heterocycles. The number of allylic oxidation sites excluding steroid dienone is 1. The van der Waals surface area contributed by atoms with Gasteiger partial charge >= 0.3 is 0 Å². The molecule has 1 rings (SSSR count). The lowest BCUT2D eigenvalue weighted by atomic mass is 9.81. The third kappa shape index (κ3) is 2.24. The molecule has 12 heavy (non-hydrogen) atoms. The zero-order valence-electron chi connectivity index (χ0n) is 7.97. The van der Waals surface area contributed by atoms with Crippen LogP contribution in [-0.4, -0.2) is 16.1 Å². The van der Waals surface area contributed by atoms with Crippen LogP contribution in [0.4, 0.5) is 0 Å². The van der Waals surface area contributed by atoms with E-state index in [1.54, 1.807) is 0 Å². The smallest absolute Gasteiger partial charge is 0.0750 e. The lowest BCUT2D eigenvalue weighted by Gasteiger charge is -2.33. The van der Waals surface area contributed by atoms with Crippen LogP contribution in [0.15, 0.2) is 11.6 Å². The van der Waals surface area contributed by atoms with E-state index < -0.39 is 0 Å². The van der Waals surface area contributed by atoms with Crippen molar-refractivity contribution in [2.24, 2.45) is 5.92 Å². The number of halogens is 1. The summed E-state index contributed by atoms with van der Waals surface area (Å²) in [6, 6.07) is 0. The summed E-state index contributed by atoms with van der Waals surface area (Å²) in [5, 5.41) is 9.58. The van der Waals surface area contributed by atoms with E-state index in [0.29, 0.717) is 5.92 Å². The van der Waals surface area contributed by atoms with Gasteiger partial charge in [-0.05, 0) is 45.1 Å². The molecular formula is C10H17ClO. The van der Waals surface area contributed by atoms with Gasteiger partial charge in [-0.15, -0.1) is 11.6 Å². The van der Waals surface area contributed by atoms with E-state index in [2.05, 4.69) is 6.08 Å². The van der Waals surface area contributed by atoms with Gasteiger partial charge in [-0.25, -0.2) is 0 Å². The zero-order valence-corrected chi connectivity index (χ0v) is 8.73. The summed E-state index contributed by atoms with van der Waals surface area (Å²) in [6.07, 6.45) is 3.63. The third-order valence-corrected chi connectivity index (χ3v) is 3.04. The van der Waals surface area contributed by atoms with Crippen LogP contribution < -0.4 is 0 Å². The maximum Gasteiger partial charge on any atom is 0.0750 e. The van der Waals surface area contributed by atoms with Crippen LogP contribution in [0.5, 0.6) is 0 Å². The van der Waals surface area contributed by atoms with Gasteiger partial charge in [-0.1, -0.05) is 6.08 Å². The van der Waals surface area contributed by atoms with Gasteiger partial charge in [0.1, 0.15) is 0 Å². The molecule has 0 bridgehead atoms. The van der Waals surface area contributed by atoms with Gasteiger partial charge in [0.15, 0.2) is 0 Å². The number of rotatable bonds is 1. The van der Waals surface area contributed by atoms with E-state index in [1.807, 2.05) is 20.8 Å². The number of hydrogen-bond donors (Lipinski definition) is 1. The van der Waals surface area contributed by atoms with Crippen molar-refractivity contribution in [1.82, 2.24) is 0 Å². The highest BCUT2D eigenvalue weighted by Crippen LogP contribution is 2.35. The van der Waals surface area contributed by atoms with Gasteiger partial charge < -0.3 is 5.11 Å². The molecule has 1 aliphatic rings. The van der Waals surface area contributed by atoms with Crippen molar-refractivity contribution in [1.29, 1.82) is 0 Å². The number of alkyl halides is 1. The highest BCUT2D eigenvalue weighted by Gasteiger charge is 2.31. The Morgan fingerprint density at radius 1 is 1.58 bits per heavy atom. The molecule has 0 aromatic heterocycles. The van der Waals surface area contributed by atoms with Crippen molar-refractivity contribution >= 4 is 11.6 Å². The first-order valence-electron chi connectivity index (χ1n) is 4.45. The van der Waals surface area contributed by atoms with Gasteiger partial charge in [0.05, 0.1) is 6.10 Å². The first-order chi connectivity index (χ1) is 5.41. The topological polar surface area (TPSA) is 20.2 Å². The molecule has 0 aromatic carbocycles. The van der Waals surface area contributed by atoms with E-state index >= 15 is 0 Å². The van der Waals surface area contributed by atoms with Crippen LogP contribution in [0.25, 0.3) is 0 Å². The molecule has 0 radical (unpaired) electrons. The molecule has 0 fully saturated rings. The summed E-state index contributed by atoms with van der Waals surface area (Å²) < 4.78 is 0. The van der Waals surface area contributed by atoms with Crippen LogP contribution in [0.2, 0.25) is 0 Å². The monoisotopic (exact) mass is 188 g/mol. The van der Waals surface area contributed by atoms with Crippen molar-refractivity contribution in [2.75, 3.05) is 0 Å². The quantitative estimate of drug-likeness (QED) is 0.496. The highest BCUT2D eigenvalue weighted by molar-refractivity contribution is 6.23. The van der Waals surface area contributed by atoms with E-state index in [-0.39, 0.29) is 11.0 Å². The van der Waals surface area contributed by atoms with Gasteiger partial charge in [-0.3, -0.25) is 0 Å². The number of hydrogen-bond acceptors (Lipinski definition) is 1. The Bertz CT molecular complexity index is 191.